The van der Waals surface area contributed by atoms with Gasteiger partial charge in [-0.1, -0.05) is 36.4 Å². The first kappa shape index (κ1) is 18.7. The minimum atomic E-state index is -0.697. The first-order chi connectivity index (χ1) is 12.9. The van der Waals surface area contributed by atoms with E-state index in [-0.39, 0.29) is 5.69 Å². The molecule has 0 unspecified atom stereocenters. The molecule has 3 aromatic rings. The van der Waals surface area contributed by atoms with E-state index in [0.29, 0.717) is 22.5 Å². The van der Waals surface area contributed by atoms with Crippen LogP contribution in [0.15, 0.2) is 42.5 Å². The molecule has 1 atom stereocenters. The molecule has 0 spiro atoms. The molecule has 6 heteroatoms. The Morgan fingerprint density at radius 1 is 1.15 bits per heavy atom. The highest BCUT2D eigenvalue weighted by Gasteiger charge is 2.21. The Hall–Kier alpha value is -3.12. The quantitative estimate of drug-likeness (QED) is 0.601. The monoisotopic (exact) mass is 366 g/mol. The van der Waals surface area contributed by atoms with Crippen LogP contribution in [0.1, 0.15) is 40.3 Å². The fourth-order valence-corrected chi connectivity index (χ4v) is 3.32. The van der Waals surface area contributed by atoms with E-state index in [9.17, 15) is 14.7 Å². The summed E-state index contributed by atoms with van der Waals surface area (Å²) < 4.78 is 5.14. The molecule has 0 aliphatic rings. The van der Waals surface area contributed by atoms with Gasteiger partial charge in [0.25, 0.3) is 5.91 Å². The molecule has 0 fully saturated rings. The van der Waals surface area contributed by atoms with Crippen LogP contribution >= 0.6 is 0 Å². The van der Waals surface area contributed by atoms with Crippen molar-refractivity contribution in [1.82, 2.24) is 4.98 Å². The van der Waals surface area contributed by atoms with Crippen molar-refractivity contribution in [3.63, 3.8) is 0 Å². The number of carbonyl (C=O) groups excluding carboxylic acids is 2. The van der Waals surface area contributed by atoms with Gasteiger partial charge in [0.05, 0.1) is 6.10 Å². The molecule has 0 aliphatic heterocycles. The number of esters is 1. The smallest absolute Gasteiger partial charge is 0.355 e. The molecule has 2 aromatic carbocycles. The van der Waals surface area contributed by atoms with Gasteiger partial charge in [0.15, 0.2) is 6.61 Å². The number of fused-ring (bicyclic) bond motifs is 1. The van der Waals surface area contributed by atoms with Crippen LogP contribution in [0.5, 0.6) is 0 Å². The number of aliphatic hydroxyl groups excluding tert-OH is 1. The number of ether oxygens (including phenoxy) is 1. The predicted molar refractivity (Wildman–Crippen MR) is 104 cm³/mol. The van der Waals surface area contributed by atoms with Gasteiger partial charge < -0.3 is 20.1 Å². The van der Waals surface area contributed by atoms with E-state index < -0.39 is 24.6 Å². The molecule has 27 heavy (non-hydrogen) atoms. The predicted octanol–water partition coefficient (Wildman–Crippen LogP) is 3.63. The highest BCUT2D eigenvalue weighted by Crippen LogP contribution is 2.25. The second kappa shape index (κ2) is 7.63. The lowest BCUT2D eigenvalue weighted by Gasteiger charge is -2.09. The van der Waals surface area contributed by atoms with Gasteiger partial charge in [-0.05, 0) is 37.8 Å². The van der Waals surface area contributed by atoms with Crippen molar-refractivity contribution in [2.75, 3.05) is 11.9 Å². The van der Waals surface area contributed by atoms with Crippen molar-refractivity contribution in [2.45, 2.75) is 26.9 Å². The number of hydrogen-bond donors (Lipinski definition) is 3. The highest BCUT2D eigenvalue weighted by atomic mass is 16.5. The van der Waals surface area contributed by atoms with Gasteiger partial charge in [0, 0.05) is 22.3 Å². The summed E-state index contributed by atoms with van der Waals surface area (Å²) >= 11 is 0. The summed E-state index contributed by atoms with van der Waals surface area (Å²) in [5, 5.41) is 14.5. The summed E-state index contributed by atoms with van der Waals surface area (Å²) in [5.41, 5.74) is 2.91. The molecule has 0 saturated heterocycles. The van der Waals surface area contributed by atoms with Gasteiger partial charge in [-0.2, -0.15) is 0 Å². The zero-order chi connectivity index (χ0) is 19.6. The number of aromatic nitrogens is 1. The van der Waals surface area contributed by atoms with Gasteiger partial charge in [-0.25, -0.2) is 4.79 Å². The van der Waals surface area contributed by atoms with E-state index in [0.717, 1.165) is 10.8 Å². The number of amides is 1. The maximum atomic E-state index is 12.3. The number of aliphatic hydroxyl groups is 1. The van der Waals surface area contributed by atoms with Crippen LogP contribution < -0.4 is 5.32 Å². The Kier molecular flexibility index (Phi) is 5.28. The van der Waals surface area contributed by atoms with Crippen LogP contribution in [0.3, 0.4) is 0 Å². The number of carbonyl (C=O) groups is 2. The maximum absolute atomic E-state index is 12.3. The van der Waals surface area contributed by atoms with Crippen molar-refractivity contribution in [3.05, 3.63) is 65.0 Å². The number of rotatable bonds is 5. The maximum Gasteiger partial charge on any atom is 0.355 e. The van der Waals surface area contributed by atoms with Crippen LogP contribution in [-0.4, -0.2) is 28.6 Å². The Morgan fingerprint density at radius 2 is 1.85 bits per heavy atom. The summed E-state index contributed by atoms with van der Waals surface area (Å²) in [4.78, 5) is 27.5. The zero-order valence-corrected chi connectivity index (χ0v) is 15.5. The Labute approximate surface area is 157 Å². The van der Waals surface area contributed by atoms with Gasteiger partial charge in [0.2, 0.25) is 0 Å². The highest BCUT2D eigenvalue weighted by molar-refractivity contribution is 6.03. The standard InChI is InChI=1S/C21H22N2O4/c1-12-19(14(3)24)13(2)22-20(12)21(26)27-11-18(25)23-17-10-6-8-15-7-4-5-9-16(15)17/h4-10,14,22,24H,11H2,1-3H3,(H,23,25)/t14-/m1/s1. The van der Waals surface area contributed by atoms with Crippen LogP contribution in [0.25, 0.3) is 10.8 Å². The second-order valence-electron chi connectivity index (χ2n) is 6.49. The number of nitrogens with one attached hydrogen (secondary N) is 2. The lowest BCUT2D eigenvalue weighted by Crippen LogP contribution is -2.21. The molecule has 1 amide bonds. The van der Waals surface area contributed by atoms with E-state index in [1.807, 2.05) is 36.4 Å². The molecule has 3 N–H and O–H groups in total. The van der Waals surface area contributed by atoms with Crippen molar-refractivity contribution in [3.8, 4) is 0 Å². The second-order valence-corrected chi connectivity index (χ2v) is 6.49. The molecule has 1 aromatic heterocycles. The van der Waals surface area contributed by atoms with Gasteiger partial charge in [-0.15, -0.1) is 0 Å². The third-order valence-corrected chi connectivity index (χ3v) is 4.52. The lowest BCUT2D eigenvalue weighted by molar-refractivity contribution is -0.119. The molecule has 0 bridgehead atoms. The SMILES string of the molecule is Cc1[nH]c(C(=O)OCC(=O)Nc2cccc3ccccc23)c(C)c1[C@@H](C)O. The third kappa shape index (κ3) is 3.85. The van der Waals surface area contributed by atoms with Gasteiger partial charge in [-0.3, -0.25) is 4.79 Å². The minimum absolute atomic E-state index is 0.251. The topological polar surface area (TPSA) is 91.4 Å². The first-order valence-electron chi connectivity index (χ1n) is 8.70. The lowest BCUT2D eigenvalue weighted by atomic mass is 10.1. The molecular formula is C21H22N2O4. The van der Waals surface area contributed by atoms with Crippen molar-refractivity contribution >= 4 is 28.3 Å². The van der Waals surface area contributed by atoms with E-state index in [2.05, 4.69) is 10.3 Å². The van der Waals surface area contributed by atoms with Crippen LogP contribution in [-0.2, 0) is 9.53 Å². The largest absolute Gasteiger partial charge is 0.451 e. The number of aromatic amines is 1. The number of anilines is 1. The van der Waals surface area contributed by atoms with E-state index >= 15 is 0 Å². The molecule has 0 saturated carbocycles. The van der Waals surface area contributed by atoms with Crippen LogP contribution in [0.2, 0.25) is 0 Å². The summed E-state index contributed by atoms with van der Waals surface area (Å²) in [6.07, 6.45) is -0.697. The van der Waals surface area contributed by atoms with Gasteiger partial charge >= 0.3 is 5.97 Å². The number of hydrogen-bond acceptors (Lipinski definition) is 4. The molecule has 0 radical (unpaired) electrons. The summed E-state index contributed by atoms with van der Waals surface area (Å²) in [6.45, 7) is 4.75. The molecular weight excluding hydrogens is 344 g/mol. The van der Waals surface area contributed by atoms with E-state index in [4.69, 9.17) is 4.74 Å². The minimum Gasteiger partial charge on any atom is -0.451 e. The Morgan fingerprint density at radius 3 is 2.56 bits per heavy atom. The molecule has 0 aliphatic carbocycles. The molecule has 6 nitrogen and oxygen atoms in total. The Bertz CT molecular complexity index is 999. The zero-order valence-electron chi connectivity index (χ0n) is 15.5. The van der Waals surface area contributed by atoms with E-state index in [1.54, 1.807) is 26.8 Å². The molecule has 1 heterocycles. The normalized spacial score (nSPS) is 12.0. The van der Waals surface area contributed by atoms with Crippen molar-refractivity contribution < 1.29 is 19.4 Å². The number of H-pyrrole nitrogens is 1. The third-order valence-electron chi connectivity index (χ3n) is 4.52. The van der Waals surface area contributed by atoms with Crippen LogP contribution in [0.4, 0.5) is 5.69 Å². The summed E-state index contributed by atoms with van der Waals surface area (Å²) in [6, 6.07) is 13.3. The van der Waals surface area contributed by atoms with Crippen molar-refractivity contribution in [1.29, 1.82) is 0 Å². The number of benzene rings is 2. The Balaban J connectivity index is 1.67. The van der Waals surface area contributed by atoms with E-state index in [1.165, 1.54) is 0 Å². The average Bonchev–Trinajstić information content (AvgIpc) is 2.94. The average molecular weight is 366 g/mol. The fourth-order valence-electron chi connectivity index (χ4n) is 3.32. The molecule has 140 valence electrons. The molecule has 3 rings (SSSR count). The first-order valence-corrected chi connectivity index (χ1v) is 8.70. The summed E-state index contributed by atoms with van der Waals surface area (Å²) in [7, 11) is 0. The van der Waals surface area contributed by atoms with Gasteiger partial charge in [0.1, 0.15) is 5.69 Å². The van der Waals surface area contributed by atoms with Crippen molar-refractivity contribution in [2.24, 2.45) is 0 Å². The summed E-state index contributed by atoms with van der Waals surface area (Å²) in [5.74, 6) is -1.05. The van der Waals surface area contributed by atoms with Crippen LogP contribution in [0, 0.1) is 13.8 Å². The fraction of sp³-hybridized carbons (Fsp3) is 0.238. The number of aryl methyl sites for hydroxylation is 1.